The van der Waals surface area contributed by atoms with Gasteiger partial charge in [0.2, 0.25) is 0 Å². The number of fused-ring (bicyclic) bond motifs is 1. The van der Waals surface area contributed by atoms with Crippen LogP contribution < -0.4 is 0 Å². The van der Waals surface area contributed by atoms with Crippen LogP contribution in [0.1, 0.15) is 54.1 Å². The number of pyridine rings is 1. The van der Waals surface area contributed by atoms with Crippen LogP contribution in [0.5, 0.6) is 0 Å². The van der Waals surface area contributed by atoms with E-state index in [0.29, 0.717) is 51.6 Å². The Labute approximate surface area is 182 Å². The van der Waals surface area contributed by atoms with Gasteiger partial charge in [-0.3, -0.25) is 9.78 Å². The smallest absolute Gasteiger partial charge is 0.255 e. The van der Waals surface area contributed by atoms with Gasteiger partial charge >= 0.3 is 0 Å². The molecule has 0 aromatic carbocycles. The topological polar surface area (TPSA) is 91.6 Å². The number of ether oxygens (including phenoxy) is 3. The lowest BCUT2D eigenvalue weighted by Gasteiger charge is -2.43. The Morgan fingerprint density at radius 2 is 2.06 bits per heavy atom. The summed E-state index contributed by atoms with van der Waals surface area (Å²) in [5.41, 5.74) is 3.03. The Balaban J connectivity index is 1.30. The fraction of sp³-hybridized carbons (Fsp3) is 0.636. The number of amides is 1. The average molecular weight is 430 g/mol. The molecule has 2 aromatic rings. The van der Waals surface area contributed by atoms with E-state index in [-0.39, 0.29) is 17.6 Å². The van der Waals surface area contributed by atoms with Gasteiger partial charge < -0.3 is 19.1 Å². The van der Waals surface area contributed by atoms with Crippen LogP contribution in [-0.4, -0.2) is 68.8 Å². The molecule has 9 nitrogen and oxygen atoms in total. The summed E-state index contributed by atoms with van der Waals surface area (Å²) in [5.74, 6) is 0.0282. The van der Waals surface area contributed by atoms with E-state index in [1.807, 2.05) is 42.5 Å². The van der Waals surface area contributed by atoms with Gasteiger partial charge in [-0.05, 0) is 45.7 Å². The van der Waals surface area contributed by atoms with Crippen LogP contribution in [0.2, 0.25) is 0 Å². The fourth-order valence-corrected chi connectivity index (χ4v) is 4.01. The second-order valence-corrected chi connectivity index (χ2v) is 8.56. The highest BCUT2D eigenvalue weighted by Gasteiger charge is 2.41. The third-order valence-corrected chi connectivity index (χ3v) is 5.91. The minimum atomic E-state index is -0.299. The molecule has 2 aliphatic rings. The minimum absolute atomic E-state index is 0.0282. The van der Waals surface area contributed by atoms with Gasteiger partial charge in [-0.25, -0.2) is 4.68 Å². The van der Waals surface area contributed by atoms with Crippen molar-refractivity contribution >= 4 is 5.91 Å². The molecule has 0 N–H and O–H groups in total. The molecule has 9 heteroatoms. The molecule has 0 radical (unpaired) electrons. The Kier molecular flexibility index (Phi) is 6.64. The lowest BCUT2D eigenvalue weighted by molar-refractivity contribution is -0.120. The van der Waals surface area contributed by atoms with Crippen LogP contribution in [0.4, 0.5) is 0 Å². The molecule has 2 aromatic heterocycles. The van der Waals surface area contributed by atoms with Crippen molar-refractivity contribution in [3.8, 4) is 0 Å². The summed E-state index contributed by atoms with van der Waals surface area (Å²) in [6, 6.07) is 3.71. The first-order valence-corrected chi connectivity index (χ1v) is 10.9. The van der Waals surface area contributed by atoms with Crippen LogP contribution in [0.3, 0.4) is 0 Å². The van der Waals surface area contributed by atoms with Crippen molar-refractivity contribution in [1.82, 2.24) is 24.9 Å². The molecule has 31 heavy (non-hydrogen) atoms. The van der Waals surface area contributed by atoms with Crippen LogP contribution in [0, 0.1) is 6.92 Å². The maximum atomic E-state index is 12.8. The van der Waals surface area contributed by atoms with E-state index in [1.165, 1.54) is 0 Å². The van der Waals surface area contributed by atoms with E-state index < -0.39 is 0 Å². The standard InChI is InChI=1S/C22H31N5O4/c1-16(2)30-11-10-29-13-19-20-14-31-22(15-27(20)25-24-19)6-8-26(9-7-22)21(28)18-5-4-17(3)23-12-18/h4-5,12,16H,6-11,13-15H2,1-3H3. The SMILES string of the molecule is Cc1ccc(C(=O)N2CCC3(CC2)Cn2nnc(COCCOC(C)C)c2CO3)cn1. The molecule has 1 spiro atoms. The van der Waals surface area contributed by atoms with Gasteiger partial charge in [-0.1, -0.05) is 5.21 Å². The molecule has 2 aliphatic heterocycles. The van der Waals surface area contributed by atoms with E-state index in [9.17, 15) is 4.79 Å². The van der Waals surface area contributed by atoms with Gasteiger partial charge in [0, 0.05) is 25.0 Å². The van der Waals surface area contributed by atoms with E-state index in [4.69, 9.17) is 14.2 Å². The van der Waals surface area contributed by atoms with Gasteiger partial charge in [-0.15, -0.1) is 5.10 Å². The number of aryl methyl sites for hydroxylation is 1. The van der Waals surface area contributed by atoms with Crippen molar-refractivity contribution in [2.45, 2.75) is 65.1 Å². The van der Waals surface area contributed by atoms with Crippen molar-refractivity contribution in [2.75, 3.05) is 26.3 Å². The number of rotatable bonds is 7. The molecule has 4 rings (SSSR count). The summed E-state index contributed by atoms with van der Waals surface area (Å²) in [4.78, 5) is 18.9. The van der Waals surface area contributed by atoms with Gasteiger partial charge in [-0.2, -0.15) is 0 Å². The van der Waals surface area contributed by atoms with E-state index in [2.05, 4.69) is 15.3 Å². The maximum absolute atomic E-state index is 12.8. The number of hydrogen-bond acceptors (Lipinski definition) is 7. The second kappa shape index (κ2) is 9.42. The highest BCUT2D eigenvalue weighted by Crippen LogP contribution is 2.34. The zero-order valence-corrected chi connectivity index (χ0v) is 18.5. The number of aromatic nitrogens is 4. The molecule has 1 amide bonds. The van der Waals surface area contributed by atoms with Crippen molar-refractivity contribution in [1.29, 1.82) is 0 Å². The van der Waals surface area contributed by atoms with Gasteiger partial charge in [0.25, 0.3) is 5.91 Å². The highest BCUT2D eigenvalue weighted by atomic mass is 16.5. The molecular weight excluding hydrogens is 398 g/mol. The quantitative estimate of drug-likeness (QED) is 0.623. The Morgan fingerprint density at radius 3 is 2.77 bits per heavy atom. The number of nitrogens with zero attached hydrogens (tertiary/aromatic N) is 5. The molecule has 1 saturated heterocycles. The number of likely N-dealkylation sites (tertiary alicyclic amines) is 1. The Bertz CT molecular complexity index is 888. The maximum Gasteiger partial charge on any atom is 0.255 e. The van der Waals surface area contributed by atoms with Crippen molar-refractivity contribution in [3.63, 3.8) is 0 Å². The molecular formula is C22H31N5O4. The van der Waals surface area contributed by atoms with E-state index >= 15 is 0 Å². The molecule has 0 bridgehead atoms. The van der Waals surface area contributed by atoms with Gasteiger partial charge in [0.1, 0.15) is 5.69 Å². The molecule has 0 unspecified atom stereocenters. The second-order valence-electron chi connectivity index (χ2n) is 8.56. The third-order valence-electron chi connectivity index (χ3n) is 5.91. The van der Waals surface area contributed by atoms with Crippen LogP contribution in [0.15, 0.2) is 18.3 Å². The molecule has 0 atom stereocenters. The molecule has 168 valence electrons. The van der Waals surface area contributed by atoms with Gasteiger partial charge in [0.05, 0.1) is 55.9 Å². The molecule has 0 saturated carbocycles. The summed E-state index contributed by atoms with van der Waals surface area (Å²) >= 11 is 0. The van der Waals surface area contributed by atoms with Crippen molar-refractivity contribution < 1.29 is 19.0 Å². The first kappa shape index (κ1) is 21.9. The van der Waals surface area contributed by atoms with Gasteiger partial charge in [0.15, 0.2) is 0 Å². The van der Waals surface area contributed by atoms with Crippen LogP contribution in [-0.2, 0) is 34.0 Å². The van der Waals surface area contributed by atoms with Crippen molar-refractivity contribution in [3.05, 3.63) is 41.0 Å². The van der Waals surface area contributed by atoms with Crippen LogP contribution in [0.25, 0.3) is 0 Å². The first-order chi connectivity index (χ1) is 15.0. The van der Waals surface area contributed by atoms with Crippen LogP contribution >= 0.6 is 0 Å². The highest BCUT2D eigenvalue weighted by molar-refractivity contribution is 5.94. The monoisotopic (exact) mass is 429 g/mol. The number of carbonyl (C=O) groups is 1. The number of piperidine rings is 1. The first-order valence-electron chi connectivity index (χ1n) is 10.9. The predicted octanol–water partition coefficient (Wildman–Crippen LogP) is 2.13. The summed E-state index contributed by atoms with van der Waals surface area (Å²) in [7, 11) is 0. The zero-order chi connectivity index (χ0) is 21.8. The summed E-state index contributed by atoms with van der Waals surface area (Å²) in [6.45, 7) is 9.84. The average Bonchev–Trinajstić information content (AvgIpc) is 3.15. The lowest BCUT2D eigenvalue weighted by Crippen LogP contribution is -2.52. The molecule has 1 fully saturated rings. The molecule has 4 heterocycles. The number of carbonyl (C=O) groups excluding carboxylic acids is 1. The minimum Gasteiger partial charge on any atom is -0.376 e. The van der Waals surface area contributed by atoms with Crippen molar-refractivity contribution in [2.24, 2.45) is 0 Å². The third kappa shape index (κ3) is 5.11. The fourth-order valence-electron chi connectivity index (χ4n) is 4.01. The summed E-state index contributed by atoms with van der Waals surface area (Å²) < 4.78 is 19.4. The molecule has 0 aliphatic carbocycles. The Morgan fingerprint density at radius 1 is 1.26 bits per heavy atom. The number of hydrogen-bond donors (Lipinski definition) is 0. The predicted molar refractivity (Wildman–Crippen MR) is 112 cm³/mol. The Hall–Kier alpha value is -2.36. The summed E-state index contributed by atoms with van der Waals surface area (Å²) in [6.07, 6.45) is 3.40. The normalized spacial score (nSPS) is 17.9. The van der Waals surface area contributed by atoms with E-state index in [1.54, 1.807) is 6.20 Å². The lowest BCUT2D eigenvalue weighted by atomic mass is 9.89. The largest absolute Gasteiger partial charge is 0.376 e. The summed E-state index contributed by atoms with van der Waals surface area (Å²) in [5, 5.41) is 8.62. The zero-order valence-electron chi connectivity index (χ0n) is 18.5. The van der Waals surface area contributed by atoms with E-state index in [0.717, 1.165) is 29.9 Å².